The van der Waals surface area contributed by atoms with Crippen LogP contribution in [0, 0.1) is 5.41 Å². The lowest BCUT2D eigenvalue weighted by atomic mass is 9.88. The fraction of sp³-hybridized carbons (Fsp3) is 0.529. The summed E-state index contributed by atoms with van der Waals surface area (Å²) in [6.45, 7) is 12.2. The minimum Gasteiger partial charge on any atom is -0.461 e. The lowest BCUT2D eigenvalue weighted by molar-refractivity contribution is -0.163. The highest BCUT2D eigenvalue weighted by Gasteiger charge is 2.34. The number of carbonyl (C=O) groups excluding carboxylic acids is 4. The second-order valence-corrected chi connectivity index (χ2v) is 5.70. The summed E-state index contributed by atoms with van der Waals surface area (Å²) in [7, 11) is 0. The van der Waals surface area contributed by atoms with Crippen molar-refractivity contribution in [2.24, 2.45) is 5.41 Å². The van der Waals surface area contributed by atoms with E-state index in [9.17, 15) is 19.2 Å². The van der Waals surface area contributed by atoms with Gasteiger partial charge in [-0.05, 0) is 20.3 Å². The smallest absolute Gasteiger partial charge is 0.374 e. The van der Waals surface area contributed by atoms with Gasteiger partial charge in [0.1, 0.15) is 19.8 Å². The lowest BCUT2D eigenvalue weighted by Crippen LogP contribution is -2.39. The van der Waals surface area contributed by atoms with Crippen molar-refractivity contribution in [3.05, 3.63) is 24.3 Å². The van der Waals surface area contributed by atoms with Crippen LogP contribution in [-0.4, -0.2) is 43.5 Å². The van der Waals surface area contributed by atoms with Crippen LogP contribution in [0.1, 0.15) is 34.1 Å². The highest BCUT2D eigenvalue weighted by Crippen LogP contribution is 2.25. The quantitative estimate of drug-likeness (QED) is 0.259. The Balaban J connectivity index is 5.11. The molecule has 7 heteroatoms. The third kappa shape index (κ3) is 7.21. The third-order valence-corrected chi connectivity index (χ3v) is 3.26. The average molecular weight is 340 g/mol. The number of carbonyl (C=O) groups is 4. The third-order valence-electron chi connectivity index (χ3n) is 3.26. The Bertz CT molecular complexity index is 471. The zero-order valence-corrected chi connectivity index (χ0v) is 14.6. The summed E-state index contributed by atoms with van der Waals surface area (Å²) in [6.07, 6.45) is 0.366. The van der Waals surface area contributed by atoms with Crippen molar-refractivity contribution in [3.63, 3.8) is 0 Å². The summed E-state index contributed by atoms with van der Waals surface area (Å²) in [5.41, 5.74) is -0.555. The highest BCUT2D eigenvalue weighted by atomic mass is 16.6. The summed E-state index contributed by atoms with van der Waals surface area (Å²) in [5, 5.41) is 0. The van der Waals surface area contributed by atoms with Gasteiger partial charge in [-0.15, -0.1) is 0 Å². The van der Waals surface area contributed by atoms with Gasteiger partial charge in [0.25, 0.3) is 0 Å². The molecule has 0 aliphatic carbocycles. The van der Waals surface area contributed by atoms with Crippen LogP contribution in [0.25, 0.3) is 0 Å². The monoisotopic (exact) mass is 340 g/mol. The van der Waals surface area contributed by atoms with Crippen LogP contribution >= 0.6 is 0 Å². The van der Waals surface area contributed by atoms with Gasteiger partial charge in [0, 0.05) is 18.1 Å². The summed E-state index contributed by atoms with van der Waals surface area (Å²) >= 11 is 0. The standard InChI is InChI=1S/C17H24O7/c1-7-17(8-22-14(19)11(2)3,9-23-15(20)12(4)5)10-24-16(21)13(6)18/h2,4,7-10H2,1,3,5-6H3. The van der Waals surface area contributed by atoms with E-state index in [1.54, 1.807) is 6.92 Å². The van der Waals surface area contributed by atoms with Crippen LogP contribution in [0.15, 0.2) is 24.3 Å². The van der Waals surface area contributed by atoms with Crippen molar-refractivity contribution < 1.29 is 33.4 Å². The Kier molecular flexibility index (Phi) is 8.66. The van der Waals surface area contributed by atoms with Crippen molar-refractivity contribution >= 4 is 23.7 Å². The molecule has 0 aliphatic rings. The zero-order valence-electron chi connectivity index (χ0n) is 14.6. The summed E-state index contributed by atoms with van der Waals surface area (Å²) in [4.78, 5) is 45.6. The Labute approximate surface area is 141 Å². The molecule has 0 atom stereocenters. The molecule has 0 rings (SSSR count). The molecule has 0 unspecified atom stereocenters. The minimum atomic E-state index is -1.01. The van der Waals surface area contributed by atoms with Crippen molar-refractivity contribution in [1.82, 2.24) is 0 Å². The molecule has 7 nitrogen and oxygen atoms in total. The molecule has 134 valence electrons. The molecule has 0 aromatic carbocycles. The molecule has 0 aromatic heterocycles. The molecule has 0 spiro atoms. The van der Waals surface area contributed by atoms with E-state index >= 15 is 0 Å². The van der Waals surface area contributed by atoms with E-state index in [1.807, 2.05) is 0 Å². The van der Waals surface area contributed by atoms with Gasteiger partial charge in [0.05, 0.1) is 5.41 Å². The van der Waals surface area contributed by atoms with Gasteiger partial charge in [-0.3, -0.25) is 4.79 Å². The van der Waals surface area contributed by atoms with E-state index < -0.39 is 29.1 Å². The number of esters is 3. The molecule has 0 radical (unpaired) electrons. The van der Waals surface area contributed by atoms with E-state index in [4.69, 9.17) is 14.2 Å². The Hall–Kier alpha value is -2.44. The maximum atomic E-state index is 11.6. The van der Waals surface area contributed by atoms with Crippen molar-refractivity contribution in [3.8, 4) is 0 Å². The number of ketones is 1. The topological polar surface area (TPSA) is 96.0 Å². The first kappa shape index (κ1) is 21.6. The minimum absolute atomic E-state index is 0.163. The Morgan fingerprint density at radius 1 is 0.750 bits per heavy atom. The summed E-state index contributed by atoms with van der Waals surface area (Å²) in [6, 6.07) is 0. The van der Waals surface area contributed by atoms with Crippen LogP contribution < -0.4 is 0 Å². The average Bonchev–Trinajstić information content (AvgIpc) is 2.53. The lowest BCUT2D eigenvalue weighted by Gasteiger charge is -2.30. The number of hydrogen-bond acceptors (Lipinski definition) is 7. The molecular weight excluding hydrogens is 316 g/mol. The number of rotatable bonds is 10. The molecular formula is C17H24O7. The van der Waals surface area contributed by atoms with Gasteiger partial charge in [-0.25, -0.2) is 14.4 Å². The van der Waals surface area contributed by atoms with Crippen molar-refractivity contribution in [2.45, 2.75) is 34.1 Å². The fourth-order valence-corrected chi connectivity index (χ4v) is 1.44. The molecule has 0 fully saturated rings. The number of Topliss-reactive ketones (excluding diaryl/α,β-unsaturated/α-hetero) is 1. The summed E-state index contributed by atoms with van der Waals surface area (Å²) in [5.74, 6) is -2.99. The van der Waals surface area contributed by atoms with Crippen molar-refractivity contribution in [2.75, 3.05) is 19.8 Å². The predicted octanol–water partition coefficient (Wildman–Crippen LogP) is 1.75. The maximum absolute atomic E-state index is 11.6. The molecule has 0 saturated heterocycles. The second kappa shape index (κ2) is 9.64. The normalized spacial score (nSPS) is 10.5. The first-order valence-electron chi connectivity index (χ1n) is 7.37. The van der Waals surface area contributed by atoms with Crippen LogP contribution in [0.4, 0.5) is 0 Å². The van der Waals surface area contributed by atoms with Crippen LogP contribution in [-0.2, 0) is 33.4 Å². The van der Waals surface area contributed by atoms with E-state index in [2.05, 4.69) is 13.2 Å². The van der Waals surface area contributed by atoms with Crippen LogP contribution in [0.3, 0.4) is 0 Å². The van der Waals surface area contributed by atoms with E-state index in [1.165, 1.54) is 13.8 Å². The molecule has 0 saturated carbocycles. The molecule has 0 aromatic rings. The molecule has 0 N–H and O–H groups in total. The highest BCUT2D eigenvalue weighted by molar-refractivity contribution is 6.32. The van der Waals surface area contributed by atoms with Gasteiger partial charge in [-0.2, -0.15) is 0 Å². The summed E-state index contributed by atoms with van der Waals surface area (Å²) < 4.78 is 15.2. The first-order valence-corrected chi connectivity index (χ1v) is 7.37. The predicted molar refractivity (Wildman–Crippen MR) is 85.9 cm³/mol. The van der Waals surface area contributed by atoms with Gasteiger partial charge in [-0.1, -0.05) is 20.1 Å². The Morgan fingerprint density at radius 2 is 1.08 bits per heavy atom. The Morgan fingerprint density at radius 3 is 1.33 bits per heavy atom. The first-order chi connectivity index (χ1) is 11.0. The maximum Gasteiger partial charge on any atom is 0.374 e. The molecule has 0 heterocycles. The van der Waals surface area contributed by atoms with Crippen LogP contribution in [0.2, 0.25) is 0 Å². The van der Waals surface area contributed by atoms with Crippen molar-refractivity contribution in [1.29, 1.82) is 0 Å². The molecule has 0 aliphatic heterocycles. The van der Waals surface area contributed by atoms with Crippen LogP contribution in [0.5, 0.6) is 0 Å². The van der Waals surface area contributed by atoms with E-state index in [-0.39, 0.29) is 31.0 Å². The van der Waals surface area contributed by atoms with Gasteiger partial charge < -0.3 is 14.2 Å². The molecule has 24 heavy (non-hydrogen) atoms. The van der Waals surface area contributed by atoms with E-state index in [0.717, 1.165) is 6.92 Å². The molecule has 0 bridgehead atoms. The fourth-order valence-electron chi connectivity index (χ4n) is 1.44. The number of ether oxygens (including phenoxy) is 3. The largest absolute Gasteiger partial charge is 0.461 e. The van der Waals surface area contributed by atoms with E-state index in [0.29, 0.717) is 6.42 Å². The second-order valence-electron chi connectivity index (χ2n) is 5.70. The number of hydrogen-bond donors (Lipinski definition) is 0. The SMILES string of the molecule is C=C(C)C(=O)OCC(CC)(COC(=O)C(=C)C)COC(=O)C(C)=O. The molecule has 0 amide bonds. The van der Waals surface area contributed by atoms with Gasteiger partial charge in [0.15, 0.2) is 0 Å². The van der Waals surface area contributed by atoms with Gasteiger partial charge >= 0.3 is 17.9 Å². The zero-order chi connectivity index (χ0) is 18.9. The van der Waals surface area contributed by atoms with Gasteiger partial charge in [0.2, 0.25) is 5.78 Å².